The number of carbonyl (C=O) groups is 1. The zero-order valence-corrected chi connectivity index (χ0v) is 13.0. The maximum Gasteiger partial charge on any atom is 0.238 e. The molecule has 1 aromatic carbocycles. The van der Waals surface area contributed by atoms with Gasteiger partial charge in [0.2, 0.25) is 5.91 Å². The molecule has 0 fully saturated rings. The SMILES string of the molecule is CCC(C)(C)N(C)CC(=O)Nc1cc(N)ccc1OC. The lowest BCUT2D eigenvalue weighted by Crippen LogP contribution is -2.44. The van der Waals surface area contributed by atoms with Crippen molar-refractivity contribution in [2.75, 3.05) is 31.8 Å². The summed E-state index contributed by atoms with van der Waals surface area (Å²) in [6.45, 7) is 6.65. The second-order valence-electron chi connectivity index (χ2n) is 5.53. The molecule has 0 radical (unpaired) electrons. The third-order valence-corrected chi connectivity index (χ3v) is 3.78. The molecule has 112 valence electrons. The summed E-state index contributed by atoms with van der Waals surface area (Å²) in [5, 5.41) is 2.84. The van der Waals surface area contributed by atoms with Crippen molar-refractivity contribution in [2.45, 2.75) is 32.7 Å². The predicted molar refractivity (Wildman–Crippen MR) is 83.0 cm³/mol. The molecule has 1 rings (SSSR count). The average Bonchev–Trinajstić information content (AvgIpc) is 2.38. The summed E-state index contributed by atoms with van der Waals surface area (Å²) in [6.07, 6.45) is 0.971. The number of hydrogen-bond donors (Lipinski definition) is 2. The van der Waals surface area contributed by atoms with E-state index in [4.69, 9.17) is 10.5 Å². The molecular formula is C15H25N3O2. The minimum atomic E-state index is -0.0853. The summed E-state index contributed by atoms with van der Waals surface area (Å²) < 4.78 is 5.21. The molecule has 5 nitrogen and oxygen atoms in total. The number of ether oxygens (including phenoxy) is 1. The van der Waals surface area contributed by atoms with Gasteiger partial charge in [0, 0.05) is 11.2 Å². The first-order valence-corrected chi connectivity index (χ1v) is 6.74. The Bertz CT molecular complexity index is 472. The van der Waals surface area contributed by atoms with E-state index < -0.39 is 0 Å². The quantitative estimate of drug-likeness (QED) is 0.784. The van der Waals surface area contributed by atoms with Gasteiger partial charge in [-0.15, -0.1) is 0 Å². The van der Waals surface area contributed by atoms with Crippen LogP contribution in [0.5, 0.6) is 5.75 Å². The maximum absolute atomic E-state index is 12.1. The Morgan fingerprint density at radius 2 is 2.10 bits per heavy atom. The molecule has 0 bridgehead atoms. The first-order valence-electron chi connectivity index (χ1n) is 6.74. The van der Waals surface area contributed by atoms with Crippen molar-refractivity contribution in [3.8, 4) is 5.75 Å². The van der Waals surface area contributed by atoms with Crippen LogP contribution >= 0.6 is 0 Å². The van der Waals surface area contributed by atoms with Crippen LogP contribution in [-0.4, -0.2) is 37.0 Å². The lowest BCUT2D eigenvalue weighted by molar-refractivity contribution is -0.118. The number of benzene rings is 1. The lowest BCUT2D eigenvalue weighted by Gasteiger charge is -2.34. The van der Waals surface area contributed by atoms with Crippen LogP contribution in [0.2, 0.25) is 0 Å². The molecule has 0 aromatic heterocycles. The highest BCUT2D eigenvalue weighted by atomic mass is 16.5. The van der Waals surface area contributed by atoms with Gasteiger partial charge in [-0.1, -0.05) is 6.92 Å². The molecule has 0 heterocycles. The topological polar surface area (TPSA) is 67.6 Å². The largest absolute Gasteiger partial charge is 0.495 e. The van der Waals surface area contributed by atoms with Crippen molar-refractivity contribution in [1.82, 2.24) is 4.90 Å². The van der Waals surface area contributed by atoms with E-state index in [0.29, 0.717) is 23.7 Å². The van der Waals surface area contributed by atoms with Crippen LogP contribution in [0.4, 0.5) is 11.4 Å². The smallest absolute Gasteiger partial charge is 0.238 e. The van der Waals surface area contributed by atoms with Crippen LogP contribution in [0.1, 0.15) is 27.2 Å². The van der Waals surface area contributed by atoms with E-state index >= 15 is 0 Å². The van der Waals surface area contributed by atoms with E-state index in [1.165, 1.54) is 0 Å². The van der Waals surface area contributed by atoms with Gasteiger partial charge in [-0.2, -0.15) is 0 Å². The van der Waals surface area contributed by atoms with E-state index in [-0.39, 0.29) is 11.4 Å². The molecule has 0 saturated heterocycles. The number of nitrogens with zero attached hydrogens (tertiary/aromatic N) is 1. The van der Waals surface area contributed by atoms with Crippen LogP contribution in [0.3, 0.4) is 0 Å². The van der Waals surface area contributed by atoms with Crippen LogP contribution in [0, 0.1) is 0 Å². The highest BCUT2D eigenvalue weighted by Crippen LogP contribution is 2.26. The third kappa shape index (κ3) is 4.13. The molecule has 3 N–H and O–H groups in total. The Balaban J connectivity index is 2.74. The molecule has 0 atom stereocenters. The summed E-state index contributed by atoms with van der Waals surface area (Å²) in [6, 6.07) is 5.17. The standard InChI is InChI=1S/C15H25N3O2/c1-6-15(2,3)18(4)10-14(19)17-12-9-11(16)7-8-13(12)20-5/h7-9H,6,10,16H2,1-5H3,(H,17,19). The van der Waals surface area contributed by atoms with Crippen molar-refractivity contribution in [3.05, 3.63) is 18.2 Å². The van der Waals surface area contributed by atoms with Gasteiger partial charge in [0.25, 0.3) is 0 Å². The fourth-order valence-corrected chi connectivity index (χ4v) is 1.71. The number of likely N-dealkylation sites (N-methyl/N-ethyl adjacent to an activating group) is 1. The highest BCUT2D eigenvalue weighted by Gasteiger charge is 2.23. The van der Waals surface area contributed by atoms with Crippen LogP contribution in [0.25, 0.3) is 0 Å². The summed E-state index contributed by atoms with van der Waals surface area (Å²) in [5.41, 5.74) is 6.90. The zero-order valence-electron chi connectivity index (χ0n) is 13.0. The summed E-state index contributed by atoms with van der Waals surface area (Å²) in [7, 11) is 3.51. The second kappa shape index (κ2) is 6.61. The molecular weight excluding hydrogens is 254 g/mol. The molecule has 0 aliphatic heterocycles. The summed E-state index contributed by atoms with van der Waals surface area (Å²) >= 11 is 0. The Morgan fingerprint density at radius 1 is 1.45 bits per heavy atom. The van der Waals surface area contributed by atoms with Gasteiger partial charge in [0.15, 0.2) is 0 Å². The number of rotatable bonds is 6. The predicted octanol–water partition coefficient (Wildman–Crippen LogP) is 2.34. The second-order valence-corrected chi connectivity index (χ2v) is 5.53. The minimum Gasteiger partial charge on any atom is -0.495 e. The molecule has 0 aliphatic rings. The van der Waals surface area contributed by atoms with E-state index in [1.807, 2.05) is 11.9 Å². The third-order valence-electron chi connectivity index (χ3n) is 3.78. The van der Waals surface area contributed by atoms with Crippen LogP contribution in [-0.2, 0) is 4.79 Å². The fourth-order valence-electron chi connectivity index (χ4n) is 1.71. The van der Waals surface area contributed by atoms with Gasteiger partial charge in [-0.25, -0.2) is 0 Å². The highest BCUT2D eigenvalue weighted by molar-refractivity contribution is 5.94. The number of nitrogen functional groups attached to an aromatic ring is 1. The monoisotopic (exact) mass is 279 g/mol. The van der Waals surface area contributed by atoms with Gasteiger partial charge in [0.05, 0.1) is 19.3 Å². The van der Waals surface area contributed by atoms with E-state index in [1.54, 1.807) is 25.3 Å². The first-order chi connectivity index (χ1) is 9.30. The van der Waals surface area contributed by atoms with E-state index in [9.17, 15) is 4.79 Å². The average molecular weight is 279 g/mol. The van der Waals surface area contributed by atoms with E-state index in [0.717, 1.165) is 6.42 Å². The number of nitrogens with two attached hydrogens (primary N) is 1. The normalized spacial score (nSPS) is 11.5. The molecule has 1 aromatic rings. The summed E-state index contributed by atoms with van der Waals surface area (Å²) in [4.78, 5) is 14.1. The fraction of sp³-hybridized carbons (Fsp3) is 0.533. The maximum atomic E-state index is 12.1. The molecule has 5 heteroatoms. The van der Waals surface area contributed by atoms with Crippen molar-refractivity contribution in [3.63, 3.8) is 0 Å². The van der Waals surface area contributed by atoms with Crippen molar-refractivity contribution >= 4 is 17.3 Å². The molecule has 1 amide bonds. The van der Waals surface area contributed by atoms with Gasteiger partial charge in [-0.05, 0) is 45.5 Å². The Labute approximate surface area is 121 Å². The van der Waals surface area contributed by atoms with Crippen LogP contribution in [0.15, 0.2) is 18.2 Å². The molecule has 0 spiro atoms. The first kappa shape index (κ1) is 16.3. The Kier molecular flexibility index (Phi) is 5.39. The van der Waals surface area contributed by atoms with Crippen LogP contribution < -0.4 is 15.8 Å². The molecule has 0 saturated carbocycles. The zero-order chi connectivity index (χ0) is 15.3. The van der Waals surface area contributed by atoms with Crippen molar-refractivity contribution in [1.29, 1.82) is 0 Å². The molecule has 0 unspecified atom stereocenters. The van der Waals surface area contributed by atoms with E-state index in [2.05, 4.69) is 26.1 Å². The van der Waals surface area contributed by atoms with Gasteiger partial charge < -0.3 is 15.8 Å². The van der Waals surface area contributed by atoms with Crippen molar-refractivity contribution < 1.29 is 9.53 Å². The van der Waals surface area contributed by atoms with Gasteiger partial charge >= 0.3 is 0 Å². The number of methoxy groups -OCH3 is 1. The Morgan fingerprint density at radius 3 is 2.65 bits per heavy atom. The Hall–Kier alpha value is -1.75. The number of amides is 1. The van der Waals surface area contributed by atoms with Gasteiger partial charge in [-0.3, -0.25) is 9.69 Å². The minimum absolute atomic E-state index is 0.0167. The number of carbonyl (C=O) groups excluding carboxylic acids is 1. The summed E-state index contributed by atoms with van der Waals surface area (Å²) in [5.74, 6) is 0.517. The lowest BCUT2D eigenvalue weighted by atomic mass is 10.00. The van der Waals surface area contributed by atoms with Crippen molar-refractivity contribution in [2.24, 2.45) is 0 Å². The molecule has 0 aliphatic carbocycles. The molecule has 20 heavy (non-hydrogen) atoms. The number of hydrogen-bond acceptors (Lipinski definition) is 4. The van der Waals surface area contributed by atoms with Gasteiger partial charge in [0.1, 0.15) is 5.75 Å². The number of anilines is 2. The number of nitrogens with one attached hydrogen (secondary N) is 1.